The van der Waals surface area contributed by atoms with Crippen LogP contribution in [0, 0.1) is 0 Å². The van der Waals surface area contributed by atoms with Crippen LogP contribution in [0.15, 0.2) is 29.4 Å². The minimum atomic E-state index is -3.13. The molecule has 0 spiro atoms. The fraction of sp³-hybridized carbons (Fsp3) is 0.632. The van der Waals surface area contributed by atoms with Gasteiger partial charge < -0.3 is 15.1 Å². The highest BCUT2D eigenvalue weighted by Gasteiger charge is 2.41. The molecule has 1 amide bonds. The van der Waals surface area contributed by atoms with Crippen LogP contribution in [0.3, 0.4) is 0 Å². The molecule has 0 saturated carbocycles. The summed E-state index contributed by atoms with van der Waals surface area (Å²) < 4.78 is 23.6. The maximum absolute atomic E-state index is 12.4. The van der Waals surface area contributed by atoms with Crippen LogP contribution in [0.4, 0.5) is 0 Å². The minimum absolute atomic E-state index is 0.0186. The molecule has 0 unspecified atom stereocenters. The number of carbonyl (C=O) groups excluding carboxylic acids is 1. The Balaban J connectivity index is 1.97. The number of hydrogen-bond acceptors (Lipinski definition) is 5. The number of amides is 1. The Labute approximate surface area is 168 Å². The summed E-state index contributed by atoms with van der Waals surface area (Å²) in [7, 11) is -1.37. The number of nitrogens with one attached hydrogen (secondary N) is 1. The van der Waals surface area contributed by atoms with Crippen molar-refractivity contribution in [2.45, 2.75) is 31.9 Å². The topological polar surface area (TPSA) is 95.0 Å². The molecular weight excluding hydrogens is 378 g/mol. The van der Waals surface area contributed by atoms with Gasteiger partial charge in [-0.3, -0.25) is 9.78 Å². The molecule has 0 atom stereocenters. The van der Waals surface area contributed by atoms with Crippen molar-refractivity contribution >= 4 is 21.7 Å². The number of rotatable bonds is 6. The van der Waals surface area contributed by atoms with Gasteiger partial charge in [0, 0.05) is 51.5 Å². The zero-order valence-electron chi connectivity index (χ0n) is 17.2. The van der Waals surface area contributed by atoms with Gasteiger partial charge in [-0.1, -0.05) is 6.07 Å². The average molecular weight is 410 g/mol. The second kappa shape index (κ2) is 9.36. The van der Waals surface area contributed by atoms with Crippen molar-refractivity contribution in [1.29, 1.82) is 0 Å². The quantitative estimate of drug-likeness (QED) is 0.545. The molecule has 1 fully saturated rings. The largest absolute Gasteiger partial charge is 0.357 e. The number of aromatic nitrogens is 1. The molecule has 1 aromatic heterocycles. The van der Waals surface area contributed by atoms with Gasteiger partial charge >= 0.3 is 0 Å². The van der Waals surface area contributed by atoms with E-state index in [0.29, 0.717) is 38.6 Å². The zero-order chi connectivity index (χ0) is 20.8. The van der Waals surface area contributed by atoms with E-state index in [1.807, 2.05) is 30.0 Å². The van der Waals surface area contributed by atoms with Crippen molar-refractivity contribution in [3.63, 3.8) is 0 Å². The van der Waals surface area contributed by atoms with Crippen LogP contribution in [-0.2, 0) is 21.1 Å². The van der Waals surface area contributed by atoms with Crippen LogP contribution in [0.25, 0.3) is 0 Å². The standard InChI is InChI=1S/C19H31N5O3S/c1-5-20-18(24-12-13-28(26,27)19(2,3)15-24)22-14-17(25)23(4)11-9-16-8-6-7-10-21-16/h6-8,10H,5,9,11-15H2,1-4H3,(H,20,22). The lowest BCUT2D eigenvalue weighted by Crippen LogP contribution is -2.57. The van der Waals surface area contributed by atoms with E-state index in [1.54, 1.807) is 32.0 Å². The van der Waals surface area contributed by atoms with E-state index in [4.69, 9.17) is 0 Å². The zero-order valence-corrected chi connectivity index (χ0v) is 18.0. The maximum Gasteiger partial charge on any atom is 0.244 e. The number of aliphatic imine (C=N–C) groups is 1. The second-order valence-corrected chi connectivity index (χ2v) is 10.3. The molecule has 0 bridgehead atoms. The first-order valence-corrected chi connectivity index (χ1v) is 11.2. The monoisotopic (exact) mass is 409 g/mol. The predicted molar refractivity (Wildman–Crippen MR) is 111 cm³/mol. The van der Waals surface area contributed by atoms with Crippen molar-refractivity contribution < 1.29 is 13.2 Å². The van der Waals surface area contributed by atoms with Crippen LogP contribution in [0.5, 0.6) is 0 Å². The normalized spacial score (nSPS) is 18.6. The summed E-state index contributed by atoms with van der Waals surface area (Å²) in [5.74, 6) is 0.578. The van der Waals surface area contributed by atoms with Gasteiger partial charge in [-0.15, -0.1) is 0 Å². The summed E-state index contributed by atoms with van der Waals surface area (Å²) in [6.45, 7) is 7.37. The van der Waals surface area contributed by atoms with Gasteiger partial charge in [-0.25, -0.2) is 13.4 Å². The molecule has 28 heavy (non-hydrogen) atoms. The molecule has 0 radical (unpaired) electrons. The molecule has 2 rings (SSSR count). The molecule has 1 aliphatic heterocycles. The number of guanidine groups is 1. The Morgan fingerprint density at radius 1 is 1.39 bits per heavy atom. The number of likely N-dealkylation sites (N-methyl/N-ethyl adjacent to an activating group) is 1. The van der Waals surface area contributed by atoms with Gasteiger partial charge in [0.05, 0.1) is 10.5 Å². The minimum Gasteiger partial charge on any atom is -0.357 e. The highest BCUT2D eigenvalue weighted by Crippen LogP contribution is 2.23. The van der Waals surface area contributed by atoms with E-state index in [1.165, 1.54) is 0 Å². The molecule has 1 aliphatic rings. The summed E-state index contributed by atoms with van der Waals surface area (Å²) in [6.07, 6.45) is 2.43. The molecular formula is C19H31N5O3S. The Kier molecular flexibility index (Phi) is 7.40. The highest BCUT2D eigenvalue weighted by atomic mass is 32.2. The van der Waals surface area contributed by atoms with Gasteiger partial charge in [0.15, 0.2) is 15.8 Å². The number of sulfone groups is 1. The van der Waals surface area contributed by atoms with E-state index in [0.717, 1.165) is 5.69 Å². The number of pyridine rings is 1. The molecule has 1 N–H and O–H groups in total. The van der Waals surface area contributed by atoms with Crippen molar-refractivity contribution in [3.8, 4) is 0 Å². The van der Waals surface area contributed by atoms with E-state index >= 15 is 0 Å². The van der Waals surface area contributed by atoms with Crippen LogP contribution < -0.4 is 5.32 Å². The first-order valence-electron chi connectivity index (χ1n) is 9.56. The van der Waals surface area contributed by atoms with Gasteiger partial charge in [-0.05, 0) is 32.9 Å². The summed E-state index contributed by atoms with van der Waals surface area (Å²) in [5.41, 5.74) is 0.941. The second-order valence-electron chi connectivity index (χ2n) is 7.56. The summed E-state index contributed by atoms with van der Waals surface area (Å²) in [5, 5.41) is 3.17. The van der Waals surface area contributed by atoms with Crippen LogP contribution >= 0.6 is 0 Å². The fourth-order valence-corrected chi connectivity index (χ4v) is 4.33. The number of nitrogens with zero attached hydrogens (tertiary/aromatic N) is 4. The number of hydrogen-bond donors (Lipinski definition) is 1. The highest BCUT2D eigenvalue weighted by molar-refractivity contribution is 7.92. The molecule has 2 heterocycles. The summed E-state index contributed by atoms with van der Waals surface area (Å²) >= 11 is 0. The Bertz CT molecular complexity index is 793. The lowest BCUT2D eigenvalue weighted by atomic mass is 10.2. The SMILES string of the molecule is CCNC(=NCC(=O)N(C)CCc1ccccn1)N1CCS(=O)(=O)C(C)(C)C1. The molecule has 156 valence electrons. The van der Waals surface area contributed by atoms with E-state index in [9.17, 15) is 13.2 Å². The Hall–Kier alpha value is -2.16. The molecule has 0 aliphatic carbocycles. The van der Waals surface area contributed by atoms with Gasteiger partial charge in [0.1, 0.15) is 6.54 Å². The van der Waals surface area contributed by atoms with Crippen molar-refractivity contribution in [2.75, 3.05) is 45.5 Å². The van der Waals surface area contributed by atoms with E-state index in [2.05, 4.69) is 15.3 Å². The van der Waals surface area contributed by atoms with Gasteiger partial charge in [0.2, 0.25) is 5.91 Å². The van der Waals surface area contributed by atoms with Crippen molar-refractivity contribution in [2.24, 2.45) is 4.99 Å². The predicted octanol–water partition coefficient (Wildman–Crippen LogP) is 0.557. The van der Waals surface area contributed by atoms with Crippen LogP contribution in [0.1, 0.15) is 26.5 Å². The van der Waals surface area contributed by atoms with Gasteiger partial charge in [0.25, 0.3) is 0 Å². The third kappa shape index (κ3) is 5.67. The van der Waals surface area contributed by atoms with E-state index in [-0.39, 0.29) is 18.2 Å². The molecule has 9 heteroatoms. The van der Waals surface area contributed by atoms with Gasteiger partial charge in [-0.2, -0.15) is 0 Å². The maximum atomic E-state index is 12.4. The first kappa shape index (κ1) is 22.1. The third-order valence-corrected chi connectivity index (χ3v) is 7.43. The first-order chi connectivity index (χ1) is 13.2. The third-order valence-electron chi connectivity index (χ3n) is 4.90. The van der Waals surface area contributed by atoms with Crippen molar-refractivity contribution in [3.05, 3.63) is 30.1 Å². The lowest BCUT2D eigenvalue weighted by molar-refractivity contribution is -0.128. The molecule has 1 saturated heterocycles. The summed E-state index contributed by atoms with van der Waals surface area (Å²) in [4.78, 5) is 24.7. The fourth-order valence-electron chi connectivity index (χ4n) is 2.97. The van der Waals surface area contributed by atoms with Crippen LogP contribution in [0.2, 0.25) is 0 Å². The Morgan fingerprint density at radius 3 is 2.75 bits per heavy atom. The lowest BCUT2D eigenvalue weighted by Gasteiger charge is -2.39. The van der Waals surface area contributed by atoms with Crippen LogP contribution in [-0.4, -0.2) is 85.3 Å². The molecule has 1 aromatic rings. The smallest absolute Gasteiger partial charge is 0.244 e. The van der Waals surface area contributed by atoms with Crippen molar-refractivity contribution in [1.82, 2.24) is 20.1 Å². The van der Waals surface area contributed by atoms with E-state index < -0.39 is 14.6 Å². The molecule has 0 aromatic carbocycles. The summed E-state index contributed by atoms with van der Waals surface area (Å²) in [6, 6.07) is 5.73. The Morgan fingerprint density at radius 2 is 2.14 bits per heavy atom. The molecule has 8 nitrogen and oxygen atoms in total. The average Bonchev–Trinajstić information content (AvgIpc) is 2.66. The number of carbonyl (C=O) groups is 1.